The predicted molar refractivity (Wildman–Crippen MR) is 97.2 cm³/mol. The van der Waals surface area contributed by atoms with Crippen LogP contribution in [0.4, 0.5) is 0 Å². The van der Waals surface area contributed by atoms with Crippen LogP contribution in [0.5, 0.6) is 5.75 Å². The predicted octanol–water partition coefficient (Wildman–Crippen LogP) is 2.77. The van der Waals surface area contributed by atoms with Gasteiger partial charge in [0.2, 0.25) is 5.91 Å². The Kier molecular flexibility index (Phi) is 6.17. The van der Waals surface area contributed by atoms with Gasteiger partial charge in [0.1, 0.15) is 5.75 Å². The van der Waals surface area contributed by atoms with E-state index in [9.17, 15) is 9.59 Å². The van der Waals surface area contributed by atoms with Gasteiger partial charge in [-0.1, -0.05) is 42.0 Å². The average Bonchev–Trinajstić information content (AvgIpc) is 2.58. The Morgan fingerprint density at radius 1 is 1.00 bits per heavy atom. The summed E-state index contributed by atoms with van der Waals surface area (Å²) in [5.74, 6) is -0.0251. The summed E-state index contributed by atoms with van der Waals surface area (Å²) in [6.45, 7) is 7.56. The second kappa shape index (κ2) is 8.33. The Morgan fingerprint density at radius 2 is 1.68 bits per heavy atom. The van der Waals surface area contributed by atoms with Gasteiger partial charge in [-0.2, -0.15) is 0 Å². The fourth-order valence-electron chi connectivity index (χ4n) is 2.26. The van der Waals surface area contributed by atoms with E-state index < -0.39 is 12.0 Å². The van der Waals surface area contributed by atoms with Crippen molar-refractivity contribution in [3.63, 3.8) is 0 Å². The van der Waals surface area contributed by atoms with Gasteiger partial charge in [0.25, 0.3) is 5.91 Å². The van der Waals surface area contributed by atoms with Gasteiger partial charge in [-0.15, -0.1) is 0 Å². The Hall–Kier alpha value is -2.82. The molecule has 0 aliphatic rings. The molecule has 0 aromatic heterocycles. The van der Waals surface area contributed by atoms with Gasteiger partial charge < -0.3 is 4.74 Å². The minimum atomic E-state index is -0.722. The quantitative estimate of drug-likeness (QED) is 0.823. The molecule has 0 unspecified atom stereocenters. The minimum Gasteiger partial charge on any atom is -0.481 e. The van der Waals surface area contributed by atoms with Gasteiger partial charge in [0.05, 0.1) is 6.42 Å². The fraction of sp³-hybridized carbons (Fsp3) is 0.300. The summed E-state index contributed by atoms with van der Waals surface area (Å²) in [6, 6.07) is 13.4. The van der Waals surface area contributed by atoms with Gasteiger partial charge in [-0.3, -0.25) is 20.4 Å². The highest BCUT2D eigenvalue weighted by atomic mass is 16.5. The van der Waals surface area contributed by atoms with E-state index in [-0.39, 0.29) is 12.3 Å². The monoisotopic (exact) mass is 340 g/mol. The zero-order valence-electron chi connectivity index (χ0n) is 15.1. The zero-order chi connectivity index (χ0) is 18.4. The molecular formula is C20H24N2O3. The largest absolute Gasteiger partial charge is 0.481 e. The second-order valence-corrected chi connectivity index (χ2v) is 6.16. The third-order valence-electron chi connectivity index (χ3n) is 4.04. The van der Waals surface area contributed by atoms with Crippen molar-refractivity contribution in [2.45, 2.75) is 40.2 Å². The minimum absolute atomic E-state index is 0.201. The van der Waals surface area contributed by atoms with E-state index in [1.54, 1.807) is 6.92 Å². The number of aryl methyl sites for hydroxylation is 2. The van der Waals surface area contributed by atoms with E-state index in [0.29, 0.717) is 5.75 Å². The molecule has 0 saturated heterocycles. The first-order valence-corrected chi connectivity index (χ1v) is 8.24. The van der Waals surface area contributed by atoms with Crippen LogP contribution in [-0.2, 0) is 16.0 Å². The first-order valence-electron chi connectivity index (χ1n) is 8.24. The van der Waals surface area contributed by atoms with Crippen molar-refractivity contribution in [2.24, 2.45) is 0 Å². The molecule has 2 rings (SSSR count). The third kappa shape index (κ3) is 5.35. The summed E-state index contributed by atoms with van der Waals surface area (Å²) in [5.41, 5.74) is 8.93. The van der Waals surface area contributed by atoms with E-state index in [0.717, 1.165) is 22.3 Å². The highest BCUT2D eigenvalue weighted by molar-refractivity contribution is 5.85. The van der Waals surface area contributed by atoms with E-state index in [4.69, 9.17) is 4.74 Å². The van der Waals surface area contributed by atoms with Crippen molar-refractivity contribution in [3.8, 4) is 5.75 Å². The van der Waals surface area contributed by atoms with Crippen molar-refractivity contribution >= 4 is 11.8 Å². The van der Waals surface area contributed by atoms with E-state index in [1.165, 1.54) is 0 Å². The fourth-order valence-corrected chi connectivity index (χ4v) is 2.26. The highest BCUT2D eigenvalue weighted by Crippen LogP contribution is 2.21. The maximum absolute atomic E-state index is 12.1. The molecule has 2 aromatic carbocycles. The molecule has 5 nitrogen and oxygen atoms in total. The first-order chi connectivity index (χ1) is 11.9. The molecule has 132 valence electrons. The number of benzene rings is 2. The van der Waals surface area contributed by atoms with Gasteiger partial charge in [-0.25, -0.2) is 0 Å². The lowest BCUT2D eigenvalue weighted by atomic mass is 10.1. The summed E-state index contributed by atoms with van der Waals surface area (Å²) in [6.07, 6.45) is -0.521. The third-order valence-corrected chi connectivity index (χ3v) is 4.04. The molecule has 0 radical (unpaired) electrons. The summed E-state index contributed by atoms with van der Waals surface area (Å²) in [7, 11) is 0. The smallest absolute Gasteiger partial charge is 0.279 e. The van der Waals surface area contributed by atoms with E-state index >= 15 is 0 Å². The molecular weight excluding hydrogens is 316 g/mol. The van der Waals surface area contributed by atoms with Gasteiger partial charge in [0, 0.05) is 0 Å². The van der Waals surface area contributed by atoms with Gasteiger partial charge >= 0.3 is 0 Å². The summed E-state index contributed by atoms with van der Waals surface area (Å²) >= 11 is 0. The van der Waals surface area contributed by atoms with Crippen molar-refractivity contribution in [3.05, 3.63) is 64.7 Å². The number of hydrazine groups is 1. The number of carbonyl (C=O) groups excluding carboxylic acids is 2. The van der Waals surface area contributed by atoms with Crippen molar-refractivity contribution < 1.29 is 14.3 Å². The molecule has 5 heteroatoms. The molecule has 2 amide bonds. The standard InChI is InChI=1S/C20H24N2O3/c1-13-8-10-17(11-9-13)12-19(23)21-22-20(24)16(4)25-18-7-5-6-14(2)15(18)3/h5-11,16H,12H2,1-4H3,(H,21,23)(H,22,24)/t16-/m1/s1. The Labute approximate surface area is 148 Å². The van der Waals surface area contributed by atoms with E-state index in [1.807, 2.05) is 63.2 Å². The maximum Gasteiger partial charge on any atom is 0.279 e. The number of carbonyl (C=O) groups is 2. The van der Waals surface area contributed by atoms with Crippen molar-refractivity contribution in [1.82, 2.24) is 10.9 Å². The normalized spacial score (nSPS) is 11.5. The lowest BCUT2D eigenvalue weighted by molar-refractivity contribution is -0.132. The molecule has 0 fully saturated rings. The number of hydrogen-bond donors (Lipinski definition) is 2. The Balaban J connectivity index is 1.83. The van der Waals surface area contributed by atoms with Crippen LogP contribution in [0.1, 0.15) is 29.2 Å². The molecule has 2 N–H and O–H groups in total. The van der Waals surface area contributed by atoms with Crippen LogP contribution in [0.25, 0.3) is 0 Å². The molecule has 0 aliphatic carbocycles. The summed E-state index contributed by atoms with van der Waals surface area (Å²) < 4.78 is 5.69. The van der Waals surface area contributed by atoms with Gasteiger partial charge in [-0.05, 0) is 50.5 Å². The topological polar surface area (TPSA) is 67.4 Å². The number of rotatable bonds is 5. The molecule has 0 heterocycles. The molecule has 0 saturated carbocycles. The average molecular weight is 340 g/mol. The van der Waals surface area contributed by atoms with Crippen molar-refractivity contribution in [2.75, 3.05) is 0 Å². The molecule has 1 atom stereocenters. The van der Waals surface area contributed by atoms with Crippen LogP contribution in [-0.4, -0.2) is 17.9 Å². The van der Waals surface area contributed by atoms with Gasteiger partial charge in [0.15, 0.2) is 6.10 Å². The zero-order valence-corrected chi connectivity index (χ0v) is 15.1. The van der Waals surface area contributed by atoms with Crippen LogP contribution >= 0.6 is 0 Å². The molecule has 0 spiro atoms. The van der Waals surface area contributed by atoms with Crippen molar-refractivity contribution in [1.29, 1.82) is 0 Å². The summed E-state index contributed by atoms with van der Waals surface area (Å²) in [5, 5.41) is 0. The molecule has 0 aliphatic heterocycles. The van der Waals surface area contributed by atoms with Crippen LogP contribution in [0.2, 0.25) is 0 Å². The number of ether oxygens (including phenoxy) is 1. The van der Waals surface area contributed by atoms with E-state index in [2.05, 4.69) is 10.9 Å². The first kappa shape index (κ1) is 18.5. The molecule has 25 heavy (non-hydrogen) atoms. The second-order valence-electron chi connectivity index (χ2n) is 6.16. The lowest BCUT2D eigenvalue weighted by Crippen LogP contribution is -2.47. The maximum atomic E-state index is 12.1. The highest BCUT2D eigenvalue weighted by Gasteiger charge is 2.16. The molecule has 0 bridgehead atoms. The SMILES string of the molecule is Cc1ccc(CC(=O)NNC(=O)[C@@H](C)Oc2cccc(C)c2C)cc1. The summed E-state index contributed by atoms with van der Waals surface area (Å²) in [4.78, 5) is 24.0. The Bertz CT molecular complexity index is 754. The number of amides is 2. The number of nitrogens with one attached hydrogen (secondary N) is 2. The number of hydrogen-bond acceptors (Lipinski definition) is 3. The Morgan fingerprint density at radius 3 is 2.36 bits per heavy atom. The van der Waals surface area contributed by atoms with Crippen LogP contribution in [0.15, 0.2) is 42.5 Å². The van der Waals surface area contributed by atoms with Crippen LogP contribution < -0.4 is 15.6 Å². The van der Waals surface area contributed by atoms with Crippen LogP contribution in [0.3, 0.4) is 0 Å². The molecule has 2 aromatic rings. The lowest BCUT2D eigenvalue weighted by Gasteiger charge is -2.17. The van der Waals surface area contributed by atoms with Crippen LogP contribution in [0, 0.1) is 20.8 Å².